The Labute approximate surface area is 161 Å². The summed E-state index contributed by atoms with van der Waals surface area (Å²) in [6.45, 7) is 0.252. The monoisotopic (exact) mass is 413 g/mol. The molecule has 4 nitrogen and oxygen atoms in total. The molecule has 1 atom stereocenters. The highest BCUT2D eigenvalue weighted by Gasteiger charge is 2.33. The quantitative estimate of drug-likeness (QED) is 0.773. The number of carbonyl (C=O) groups excluding carboxylic acids is 1. The molecule has 1 aliphatic heterocycles. The van der Waals surface area contributed by atoms with Crippen LogP contribution in [0.2, 0.25) is 5.02 Å². The van der Waals surface area contributed by atoms with Gasteiger partial charge in [0.15, 0.2) is 9.84 Å². The van der Waals surface area contributed by atoms with Gasteiger partial charge in [0.2, 0.25) is 5.91 Å². The smallest absolute Gasteiger partial charge is 0.227 e. The third-order valence-corrected chi connectivity index (χ3v) is 7.15. The largest absolute Gasteiger partial charge is 0.341 e. The van der Waals surface area contributed by atoms with Crippen LogP contribution >= 0.6 is 11.6 Å². The first-order valence-electron chi connectivity index (χ1n) is 8.45. The van der Waals surface area contributed by atoms with Crippen LogP contribution in [0, 0.1) is 11.6 Å². The molecular formula is C19H18ClF2NO3S. The zero-order valence-electron chi connectivity index (χ0n) is 14.4. The molecule has 144 valence electrons. The number of carbonyl (C=O) groups is 1. The predicted octanol–water partition coefficient (Wildman–Crippen LogP) is 3.55. The minimum atomic E-state index is -3.49. The van der Waals surface area contributed by atoms with Crippen molar-refractivity contribution in [2.75, 3.05) is 18.8 Å². The number of hydrogen-bond acceptors (Lipinski definition) is 3. The summed E-state index contributed by atoms with van der Waals surface area (Å²) in [5, 5.41) is -0.411. The van der Waals surface area contributed by atoms with Gasteiger partial charge in [-0.05, 0) is 29.7 Å². The molecule has 2 aromatic rings. The van der Waals surface area contributed by atoms with Crippen molar-refractivity contribution in [3.63, 3.8) is 0 Å². The van der Waals surface area contributed by atoms with Crippen molar-refractivity contribution >= 4 is 27.3 Å². The molecule has 3 rings (SSSR count). The van der Waals surface area contributed by atoms with Crippen molar-refractivity contribution in [1.29, 1.82) is 0 Å². The standard InChI is InChI=1S/C19H18ClF2NO3S/c20-16-4-2-1-3-15(16)18-7-8-23(9-10-27(18,25)26)19(24)11-13-5-6-14(21)12-17(13)22/h1-6,12,18H,7-11H2. The van der Waals surface area contributed by atoms with E-state index in [9.17, 15) is 22.0 Å². The van der Waals surface area contributed by atoms with Crippen LogP contribution in [0.3, 0.4) is 0 Å². The fourth-order valence-electron chi connectivity index (χ4n) is 3.22. The topological polar surface area (TPSA) is 54.5 Å². The minimum absolute atomic E-state index is 0.0327. The minimum Gasteiger partial charge on any atom is -0.341 e. The van der Waals surface area contributed by atoms with E-state index < -0.39 is 32.6 Å². The van der Waals surface area contributed by atoms with Crippen molar-refractivity contribution in [3.8, 4) is 0 Å². The maximum Gasteiger partial charge on any atom is 0.227 e. The van der Waals surface area contributed by atoms with E-state index in [-0.39, 0.29) is 37.2 Å². The maximum atomic E-state index is 13.8. The molecule has 8 heteroatoms. The Balaban J connectivity index is 1.77. The Hall–Kier alpha value is -1.99. The Kier molecular flexibility index (Phi) is 5.81. The van der Waals surface area contributed by atoms with Crippen LogP contribution in [-0.4, -0.2) is 38.1 Å². The average molecular weight is 414 g/mol. The van der Waals surface area contributed by atoms with Gasteiger partial charge >= 0.3 is 0 Å². The highest BCUT2D eigenvalue weighted by atomic mass is 35.5. The SMILES string of the molecule is O=C(Cc1ccc(F)cc1F)N1CCC(c2ccccc2Cl)S(=O)(=O)CC1. The lowest BCUT2D eigenvalue weighted by atomic mass is 10.1. The summed E-state index contributed by atoms with van der Waals surface area (Å²) in [5.74, 6) is -2.09. The molecule has 1 unspecified atom stereocenters. The van der Waals surface area contributed by atoms with Gasteiger partial charge in [-0.1, -0.05) is 35.9 Å². The highest BCUT2D eigenvalue weighted by Crippen LogP contribution is 2.34. The molecule has 0 spiro atoms. The lowest BCUT2D eigenvalue weighted by Gasteiger charge is -2.20. The maximum absolute atomic E-state index is 13.8. The second-order valence-corrected chi connectivity index (χ2v) is 9.17. The first kappa shape index (κ1) is 19.8. The molecule has 1 heterocycles. The molecule has 0 saturated carbocycles. The number of halogens is 3. The predicted molar refractivity (Wildman–Crippen MR) is 99.2 cm³/mol. The van der Waals surface area contributed by atoms with E-state index in [0.717, 1.165) is 12.1 Å². The van der Waals surface area contributed by atoms with Crippen LogP contribution < -0.4 is 0 Å². The summed E-state index contributed by atoms with van der Waals surface area (Å²) in [5.41, 5.74) is 0.606. The van der Waals surface area contributed by atoms with Crippen LogP contribution in [0.5, 0.6) is 0 Å². The molecule has 0 aliphatic carbocycles. The van der Waals surface area contributed by atoms with Crippen LogP contribution in [0.1, 0.15) is 22.8 Å². The molecule has 1 amide bonds. The van der Waals surface area contributed by atoms with Crippen LogP contribution in [-0.2, 0) is 21.1 Å². The van der Waals surface area contributed by atoms with Crippen molar-refractivity contribution in [3.05, 3.63) is 70.2 Å². The lowest BCUT2D eigenvalue weighted by Crippen LogP contribution is -2.34. The fraction of sp³-hybridized carbons (Fsp3) is 0.316. The summed E-state index contributed by atoms with van der Waals surface area (Å²) in [6, 6.07) is 9.80. The van der Waals surface area contributed by atoms with E-state index in [1.807, 2.05) is 0 Å². The molecule has 0 bridgehead atoms. The molecular weight excluding hydrogens is 396 g/mol. The summed E-state index contributed by atoms with van der Waals surface area (Å²) < 4.78 is 52.1. The molecule has 1 saturated heterocycles. The summed E-state index contributed by atoms with van der Waals surface area (Å²) in [7, 11) is -3.49. The number of benzene rings is 2. The number of hydrogen-bond donors (Lipinski definition) is 0. The molecule has 1 aliphatic rings. The Morgan fingerprint density at radius 1 is 1.15 bits per heavy atom. The van der Waals surface area contributed by atoms with Crippen LogP contribution in [0.4, 0.5) is 8.78 Å². The van der Waals surface area contributed by atoms with Gasteiger partial charge in [0.05, 0.1) is 17.4 Å². The van der Waals surface area contributed by atoms with E-state index in [1.165, 1.54) is 11.0 Å². The Morgan fingerprint density at radius 3 is 2.59 bits per heavy atom. The van der Waals surface area contributed by atoms with E-state index in [2.05, 4.69) is 0 Å². The summed E-state index contributed by atoms with van der Waals surface area (Å²) in [6.07, 6.45) is -0.0351. The molecule has 0 radical (unpaired) electrons. The van der Waals surface area contributed by atoms with E-state index in [0.29, 0.717) is 10.6 Å². The van der Waals surface area contributed by atoms with Crippen molar-refractivity contribution in [1.82, 2.24) is 4.90 Å². The number of nitrogens with zero attached hydrogens (tertiary/aromatic N) is 1. The van der Waals surface area contributed by atoms with E-state index in [1.54, 1.807) is 24.3 Å². The number of sulfone groups is 1. The molecule has 1 fully saturated rings. The number of amides is 1. The van der Waals surface area contributed by atoms with Gasteiger partial charge in [0.25, 0.3) is 0 Å². The molecule has 2 aromatic carbocycles. The molecule has 0 aromatic heterocycles. The van der Waals surface area contributed by atoms with Gasteiger partial charge in [-0.15, -0.1) is 0 Å². The lowest BCUT2D eigenvalue weighted by molar-refractivity contribution is -0.130. The first-order chi connectivity index (χ1) is 12.8. The summed E-state index contributed by atoms with van der Waals surface area (Å²) >= 11 is 6.16. The fourth-order valence-corrected chi connectivity index (χ4v) is 5.37. The zero-order valence-corrected chi connectivity index (χ0v) is 15.9. The van der Waals surface area contributed by atoms with Gasteiger partial charge in [0.1, 0.15) is 11.6 Å². The normalized spacial score (nSPS) is 19.5. The van der Waals surface area contributed by atoms with Crippen molar-refractivity contribution in [2.24, 2.45) is 0 Å². The van der Waals surface area contributed by atoms with E-state index >= 15 is 0 Å². The Bertz CT molecular complexity index is 965. The van der Waals surface area contributed by atoms with Gasteiger partial charge in [-0.25, -0.2) is 17.2 Å². The van der Waals surface area contributed by atoms with Crippen molar-refractivity contribution in [2.45, 2.75) is 18.1 Å². The Morgan fingerprint density at radius 2 is 1.89 bits per heavy atom. The highest BCUT2D eigenvalue weighted by molar-refractivity contribution is 7.91. The molecule has 27 heavy (non-hydrogen) atoms. The first-order valence-corrected chi connectivity index (χ1v) is 10.5. The second-order valence-electron chi connectivity index (χ2n) is 6.46. The number of rotatable bonds is 3. The second kappa shape index (κ2) is 7.94. The van der Waals surface area contributed by atoms with Crippen molar-refractivity contribution < 1.29 is 22.0 Å². The summed E-state index contributed by atoms with van der Waals surface area (Å²) in [4.78, 5) is 13.9. The van der Waals surface area contributed by atoms with Gasteiger partial charge in [-0.3, -0.25) is 4.79 Å². The van der Waals surface area contributed by atoms with Crippen LogP contribution in [0.15, 0.2) is 42.5 Å². The average Bonchev–Trinajstić information content (AvgIpc) is 2.76. The molecule has 0 N–H and O–H groups in total. The third kappa shape index (κ3) is 4.47. The van der Waals surface area contributed by atoms with E-state index in [4.69, 9.17) is 11.6 Å². The third-order valence-electron chi connectivity index (χ3n) is 4.70. The van der Waals surface area contributed by atoms with Gasteiger partial charge in [-0.2, -0.15) is 0 Å². The van der Waals surface area contributed by atoms with Crippen LogP contribution in [0.25, 0.3) is 0 Å². The van der Waals surface area contributed by atoms with Gasteiger partial charge < -0.3 is 4.90 Å². The van der Waals surface area contributed by atoms with Gasteiger partial charge in [0, 0.05) is 24.2 Å². The zero-order chi connectivity index (χ0) is 19.6.